The summed E-state index contributed by atoms with van der Waals surface area (Å²) in [5, 5.41) is 2.76. The number of anilines is 1. The molecule has 19 heavy (non-hydrogen) atoms. The van der Waals surface area contributed by atoms with Gasteiger partial charge in [0.25, 0.3) is 5.91 Å². The van der Waals surface area contributed by atoms with Gasteiger partial charge in [0, 0.05) is 5.69 Å². The summed E-state index contributed by atoms with van der Waals surface area (Å²) in [5.74, 6) is 0.826. The van der Waals surface area contributed by atoms with Gasteiger partial charge in [0.05, 0.1) is 12.4 Å². The van der Waals surface area contributed by atoms with Gasteiger partial charge in [-0.2, -0.15) is 0 Å². The van der Waals surface area contributed by atoms with Crippen molar-refractivity contribution < 1.29 is 13.9 Å². The first-order valence-electron chi connectivity index (χ1n) is 6.18. The maximum Gasteiger partial charge on any atom is 0.291 e. The number of hydrogen-bond acceptors (Lipinski definition) is 3. The molecular formula is C15H17NO3. The van der Waals surface area contributed by atoms with Gasteiger partial charge in [-0.25, -0.2) is 0 Å². The van der Waals surface area contributed by atoms with Crippen LogP contribution >= 0.6 is 0 Å². The second kappa shape index (κ2) is 5.61. The smallest absolute Gasteiger partial charge is 0.291 e. The lowest BCUT2D eigenvalue weighted by atomic mass is 10.3. The molecule has 0 unspecified atom stereocenters. The molecule has 1 aromatic carbocycles. The van der Waals surface area contributed by atoms with Crippen LogP contribution in [0.1, 0.15) is 30.0 Å². The minimum absolute atomic E-state index is 0.131. The fourth-order valence-corrected chi connectivity index (χ4v) is 1.63. The van der Waals surface area contributed by atoms with E-state index in [-0.39, 0.29) is 12.0 Å². The molecule has 1 N–H and O–H groups in total. The fraction of sp³-hybridized carbons (Fsp3) is 0.267. The lowest BCUT2D eigenvalue weighted by Crippen LogP contribution is -2.11. The molecule has 0 radical (unpaired) electrons. The Balaban J connectivity index is 2.01. The van der Waals surface area contributed by atoms with E-state index < -0.39 is 0 Å². The molecule has 0 aliphatic rings. The van der Waals surface area contributed by atoms with Gasteiger partial charge in [0.1, 0.15) is 5.75 Å². The molecule has 100 valence electrons. The standard InChI is InChI=1S/C15H17NO3/c1-10(2)19-13-6-4-12(5-7-13)16-15(17)14-8-11(3)9-18-14/h4-10H,1-3H3,(H,16,17). The predicted octanol–water partition coefficient (Wildman–Crippen LogP) is 3.63. The summed E-state index contributed by atoms with van der Waals surface area (Å²) in [6.45, 7) is 5.81. The molecule has 0 atom stereocenters. The number of furan rings is 1. The minimum Gasteiger partial charge on any atom is -0.491 e. The number of ether oxygens (including phenoxy) is 1. The van der Waals surface area contributed by atoms with Crippen LogP contribution in [0, 0.1) is 6.92 Å². The number of carbonyl (C=O) groups excluding carboxylic acids is 1. The minimum atomic E-state index is -0.259. The number of benzene rings is 1. The molecule has 4 heteroatoms. The molecule has 0 spiro atoms. The zero-order valence-electron chi connectivity index (χ0n) is 11.3. The maximum absolute atomic E-state index is 11.9. The predicted molar refractivity (Wildman–Crippen MR) is 73.6 cm³/mol. The summed E-state index contributed by atoms with van der Waals surface area (Å²) < 4.78 is 10.7. The molecule has 0 bridgehead atoms. The third-order valence-electron chi connectivity index (χ3n) is 2.44. The van der Waals surface area contributed by atoms with E-state index in [1.54, 1.807) is 24.5 Å². The van der Waals surface area contributed by atoms with Crippen molar-refractivity contribution >= 4 is 11.6 Å². The Bertz CT molecular complexity index is 555. The number of amides is 1. The van der Waals surface area contributed by atoms with Gasteiger partial charge in [0.2, 0.25) is 0 Å². The first-order valence-corrected chi connectivity index (χ1v) is 6.18. The molecular weight excluding hydrogens is 242 g/mol. The highest BCUT2D eigenvalue weighted by Gasteiger charge is 2.10. The molecule has 0 fully saturated rings. The van der Waals surface area contributed by atoms with E-state index in [1.165, 1.54) is 0 Å². The molecule has 0 aliphatic carbocycles. The zero-order valence-corrected chi connectivity index (χ0v) is 11.3. The van der Waals surface area contributed by atoms with Crippen LogP contribution in [0.25, 0.3) is 0 Å². The van der Waals surface area contributed by atoms with Crippen molar-refractivity contribution in [2.45, 2.75) is 26.9 Å². The molecule has 2 rings (SSSR count). The second-order valence-corrected chi connectivity index (χ2v) is 4.63. The number of hydrogen-bond donors (Lipinski definition) is 1. The van der Waals surface area contributed by atoms with Crippen LogP contribution in [0.15, 0.2) is 41.0 Å². The monoisotopic (exact) mass is 259 g/mol. The highest BCUT2D eigenvalue weighted by atomic mass is 16.5. The summed E-state index contributed by atoms with van der Waals surface area (Å²) in [6, 6.07) is 8.94. The van der Waals surface area contributed by atoms with Crippen molar-refractivity contribution in [2.75, 3.05) is 5.32 Å². The van der Waals surface area contributed by atoms with Gasteiger partial charge >= 0.3 is 0 Å². The van der Waals surface area contributed by atoms with Crippen molar-refractivity contribution in [1.29, 1.82) is 0 Å². The van der Waals surface area contributed by atoms with Crippen LogP contribution in [0.5, 0.6) is 5.75 Å². The van der Waals surface area contributed by atoms with Gasteiger partial charge in [-0.05, 0) is 56.7 Å². The van der Waals surface area contributed by atoms with Crippen LogP contribution in [0.4, 0.5) is 5.69 Å². The van der Waals surface area contributed by atoms with Crippen LogP contribution in [0.3, 0.4) is 0 Å². The Hall–Kier alpha value is -2.23. The number of rotatable bonds is 4. The Morgan fingerprint density at radius 3 is 2.47 bits per heavy atom. The summed E-state index contributed by atoms with van der Waals surface area (Å²) in [5.41, 5.74) is 1.63. The summed E-state index contributed by atoms with van der Waals surface area (Å²) in [4.78, 5) is 11.9. The van der Waals surface area contributed by atoms with Crippen molar-refractivity contribution in [3.8, 4) is 5.75 Å². The molecule has 0 aliphatic heterocycles. The normalized spacial score (nSPS) is 10.5. The molecule has 1 amide bonds. The Morgan fingerprint density at radius 2 is 1.95 bits per heavy atom. The fourth-order valence-electron chi connectivity index (χ4n) is 1.63. The van der Waals surface area contributed by atoms with E-state index in [1.807, 2.05) is 32.9 Å². The van der Waals surface area contributed by atoms with Crippen LogP contribution in [0.2, 0.25) is 0 Å². The van der Waals surface area contributed by atoms with Crippen LogP contribution in [-0.2, 0) is 0 Å². The Morgan fingerprint density at radius 1 is 1.26 bits per heavy atom. The summed E-state index contributed by atoms with van der Waals surface area (Å²) in [7, 11) is 0. The number of carbonyl (C=O) groups is 1. The van der Waals surface area contributed by atoms with E-state index in [4.69, 9.17) is 9.15 Å². The zero-order chi connectivity index (χ0) is 13.8. The van der Waals surface area contributed by atoms with Gasteiger partial charge < -0.3 is 14.5 Å². The van der Waals surface area contributed by atoms with E-state index in [0.29, 0.717) is 11.4 Å². The van der Waals surface area contributed by atoms with Crippen molar-refractivity contribution in [3.63, 3.8) is 0 Å². The SMILES string of the molecule is Cc1coc(C(=O)Nc2ccc(OC(C)C)cc2)c1. The van der Waals surface area contributed by atoms with E-state index in [9.17, 15) is 4.79 Å². The van der Waals surface area contributed by atoms with Crippen molar-refractivity contribution in [3.05, 3.63) is 47.9 Å². The van der Waals surface area contributed by atoms with Gasteiger partial charge in [-0.3, -0.25) is 4.79 Å². The first-order chi connectivity index (χ1) is 9.04. The van der Waals surface area contributed by atoms with Gasteiger partial charge in [-0.15, -0.1) is 0 Å². The number of aryl methyl sites for hydroxylation is 1. The van der Waals surface area contributed by atoms with Crippen LogP contribution in [-0.4, -0.2) is 12.0 Å². The van der Waals surface area contributed by atoms with Crippen molar-refractivity contribution in [1.82, 2.24) is 0 Å². The number of nitrogens with one attached hydrogen (secondary N) is 1. The third-order valence-corrected chi connectivity index (χ3v) is 2.44. The third kappa shape index (κ3) is 3.61. The molecule has 1 aromatic heterocycles. The lowest BCUT2D eigenvalue weighted by molar-refractivity contribution is 0.0996. The molecule has 2 aromatic rings. The Labute approximate surface area is 112 Å². The van der Waals surface area contributed by atoms with Gasteiger partial charge in [-0.1, -0.05) is 0 Å². The van der Waals surface area contributed by atoms with Crippen LogP contribution < -0.4 is 10.1 Å². The average Bonchev–Trinajstić information content (AvgIpc) is 2.78. The first kappa shape index (κ1) is 13.2. The van der Waals surface area contributed by atoms with Crippen molar-refractivity contribution in [2.24, 2.45) is 0 Å². The molecule has 4 nitrogen and oxygen atoms in total. The van der Waals surface area contributed by atoms with E-state index in [2.05, 4.69) is 5.32 Å². The summed E-state index contributed by atoms with van der Waals surface area (Å²) in [6.07, 6.45) is 1.68. The second-order valence-electron chi connectivity index (χ2n) is 4.63. The van der Waals surface area contributed by atoms with E-state index >= 15 is 0 Å². The summed E-state index contributed by atoms with van der Waals surface area (Å²) >= 11 is 0. The average molecular weight is 259 g/mol. The maximum atomic E-state index is 11.9. The Kier molecular flexibility index (Phi) is 3.90. The van der Waals surface area contributed by atoms with E-state index in [0.717, 1.165) is 11.3 Å². The molecule has 0 saturated carbocycles. The van der Waals surface area contributed by atoms with Gasteiger partial charge in [0.15, 0.2) is 5.76 Å². The highest BCUT2D eigenvalue weighted by molar-refractivity contribution is 6.02. The topological polar surface area (TPSA) is 51.5 Å². The molecule has 1 heterocycles. The largest absolute Gasteiger partial charge is 0.491 e. The lowest BCUT2D eigenvalue weighted by Gasteiger charge is -2.10. The quantitative estimate of drug-likeness (QED) is 0.912. The highest BCUT2D eigenvalue weighted by Crippen LogP contribution is 2.18. The molecule has 0 saturated heterocycles.